The summed E-state index contributed by atoms with van der Waals surface area (Å²) in [6, 6.07) is 7.06. The molecule has 0 amide bonds. The van der Waals surface area contributed by atoms with Crippen LogP contribution in [-0.4, -0.2) is 21.0 Å². The molecule has 4 nitrogen and oxygen atoms in total. The summed E-state index contributed by atoms with van der Waals surface area (Å²) in [4.78, 5) is 17.1. The number of pyridine rings is 1. The van der Waals surface area contributed by atoms with E-state index in [9.17, 15) is 22.4 Å². The Morgan fingerprint density at radius 2 is 1.83 bits per heavy atom. The summed E-state index contributed by atoms with van der Waals surface area (Å²) in [6.07, 6.45) is 0.337. The Morgan fingerprint density at radius 3 is 2.53 bits per heavy atom. The topological polar surface area (TPSA) is 58.6 Å². The molecule has 2 aromatic heterocycles. The maximum Gasteiger partial charge on any atom is 0.416 e. The number of Topliss-reactive ketones (excluding diaryl/α,β-unsaturated/α-hetero) is 1. The minimum atomic E-state index is -4.48. The van der Waals surface area contributed by atoms with Crippen molar-refractivity contribution in [1.29, 1.82) is 0 Å². The molecule has 0 saturated carbocycles. The lowest BCUT2D eigenvalue weighted by Crippen LogP contribution is -2.15. The van der Waals surface area contributed by atoms with Crippen molar-refractivity contribution in [2.45, 2.75) is 44.2 Å². The van der Waals surface area contributed by atoms with E-state index >= 15 is 0 Å². The number of alkyl halides is 3. The summed E-state index contributed by atoms with van der Waals surface area (Å²) < 4.78 is 53.3. The molecule has 0 bridgehead atoms. The SMILES string of the molecule is O=C(C[C@@H](c1ccc(C(F)(F)F)cc1)c1ncccc1F)c1n[nH]c2c1CCCC2. The fourth-order valence-corrected chi connectivity index (χ4v) is 3.92. The number of aromatic nitrogens is 3. The second-order valence-corrected chi connectivity index (χ2v) is 7.41. The van der Waals surface area contributed by atoms with Crippen molar-refractivity contribution in [3.05, 3.63) is 82.2 Å². The summed E-state index contributed by atoms with van der Waals surface area (Å²) in [5.74, 6) is -1.72. The standard InChI is InChI=1S/C22H19F4N3O/c23-17-5-3-11-27-20(17)16(13-7-9-14(10-8-13)22(24,25)26)12-19(30)21-15-4-1-2-6-18(15)28-29-21/h3,5,7-11,16H,1-2,4,6,12H2,(H,28,29)/t16-/m0/s1. The van der Waals surface area contributed by atoms with Crippen LogP contribution < -0.4 is 0 Å². The van der Waals surface area contributed by atoms with E-state index in [2.05, 4.69) is 15.2 Å². The average Bonchev–Trinajstić information content (AvgIpc) is 3.16. The zero-order valence-corrected chi connectivity index (χ0v) is 16.0. The molecule has 3 aromatic rings. The van der Waals surface area contributed by atoms with Crippen molar-refractivity contribution in [3.63, 3.8) is 0 Å². The van der Waals surface area contributed by atoms with Gasteiger partial charge in [0.1, 0.15) is 11.5 Å². The number of carbonyl (C=O) groups is 1. The molecular weight excluding hydrogens is 398 g/mol. The van der Waals surface area contributed by atoms with Gasteiger partial charge in [0, 0.05) is 29.8 Å². The number of aromatic amines is 1. The third kappa shape index (κ3) is 3.99. The van der Waals surface area contributed by atoms with Crippen LogP contribution in [0.4, 0.5) is 17.6 Å². The smallest absolute Gasteiger partial charge is 0.292 e. The molecule has 1 atom stereocenters. The maximum atomic E-state index is 14.5. The highest BCUT2D eigenvalue weighted by Crippen LogP contribution is 2.34. The van der Waals surface area contributed by atoms with Gasteiger partial charge < -0.3 is 0 Å². The van der Waals surface area contributed by atoms with E-state index in [1.165, 1.54) is 30.5 Å². The molecule has 0 radical (unpaired) electrons. The molecule has 30 heavy (non-hydrogen) atoms. The van der Waals surface area contributed by atoms with Gasteiger partial charge in [-0.2, -0.15) is 18.3 Å². The minimum absolute atomic E-state index is 0.0232. The van der Waals surface area contributed by atoms with Crippen molar-refractivity contribution in [1.82, 2.24) is 15.2 Å². The molecular formula is C22H19F4N3O. The summed E-state index contributed by atoms with van der Waals surface area (Å²) in [5.41, 5.74) is 1.77. The van der Waals surface area contributed by atoms with Crippen LogP contribution in [0.1, 0.15) is 63.7 Å². The van der Waals surface area contributed by atoms with Crippen LogP contribution >= 0.6 is 0 Å². The molecule has 156 valence electrons. The van der Waals surface area contributed by atoms with Crippen LogP contribution in [0, 0.1) is 5.82 Å². The third-order valence-corrected chi connectivity index (χ3v) is 5.47. The van der Waals surface area contributed by atoms with Crippen LogP contribution in [0.25, 0.3) is 0 Å². The van der Waals surface area contributed by atoms with Crippen molar-refractivity contribution in [2.75, 3.05) is 0 Å². The number of hydrogen-bond acceptors (Lipinski definition) is 3. The molecule has 1 aliphatic carbocycles. The quantitative estimate of drug-likeness (QED) is 0.456. The molecule has 8 heteroatoms. The zero-order chi connectivity index (χ0) is 21.3. The summed E-state index contributed by atoms with van der Waals surface area (Å²) in [6.45, 7) is 0. The first-order valence-corrected chi connectivity index (χ1v) is 9.71. The highest BCUT2D eigenvalue weighted by atomic mass is 19.4. The average molecular weight is 417 g/mol. The van der Waals surface area contributed by atoms with E-state index in [4.69, 9.17) is 0 Å². The minimum Gasteiger partial charge on any atom is -0.292 e. The highest BCUT2D eigenvalue weighted by Gasteiger charge is 2.32. The number of nitrogens with zero attached hydrogens (tertiary/aromatic N) is 2. The number of nitrogens with one attached hydrogen (secondary N) is 1. The molecule has 0 saturated heterocycles. The van der Waals surface area contributed by atoms with Crippen molar-refractivity contribution >= 4 is 5.78 Å². The van der Waals surface area contributed by atoms with E-state index < -0.39 is 23.5 Å². The zero-order valence-electron chi connectivity index (χ0n) is 16.0. The van der Waals surface area contributed by atoms with Crippen molar-refractivity contribution in [2.24, 2.45) is 0 Å². The maximum absolute atomic E-state index is 14.5. The van der Waals surface area contributed by atoms with Crippen LogP contribution in [0.15, 0.2) is 42.6 Å². The van der Waals surface area contributed by atoms with Crippen LogP contribution in [0.2, 0.25) is 0 Å². The first kappa shape index (κ1) is 20.3. The molecule has 1 aromatic carbocycles. The van der Waals surface area contributed by atoms with Gasteiger partial charge in [-0.3, -0.25) is 14.9 Å². The lowest BCUT2D eigenvalue weighted by atomic mass is 9.87. The molecule has 0 unspecified atom stereocenters. The Balaban J connectivity index is 1.69. The number of carbonyl (C=O) groups excluding carboxylic acids is 1. The Morgan fingerprint density at radius 1 is 1.10 bits per heavy atom. The highest BCUT2D eigenvalue weighted by molar-refractivity contribution is 5.96. The largest absolute Gasteiger partial charge is 0.416 e. The van der Waals surface area contributed by atoms with Gasteiger partial charge in [-0.05, 0) is 55.5 Å². The van der Waals surface area contributed by atoms with E-state index in [-0.39, 0.29) is 17.9 Å². The van der Waals surface area contributed by atoms with Crippen molar-refractivity contribution in [3.8, 4) is 0 Å². The third-order valence-electron chi connectivity index (χ3n) is 5.47. The Bertz CT molecular complexity index is 1060. The van der Waals surface area contributed by atoms with E-state index in [1.807, 2.05) is 0 Å². The summed E-state index contributed by atoms with van der Waals surface area (Å²) >= 11 is 0. The van der Waals surface area contributed by atoms with Gasteiger partial charge in [0.2, 0.25) is 0 Å². The van der Waals surface area contributed by atoms with Gasteiger partial charge in [0.15, 0.2) is 5.78 Å². The number of H-pyrrole nitrogens is 1. The lowest BCUT2D eigenvalue weighted by molar-refractivity contribution is -0.137. The second-order valence-electron chi connectivity index (χ2n) is 7.41. The van der Waals surface area contributed by atoms with Gasteiger partial charge in [0.25, 0.3) is 0 Å². The summed E-state index contributed by atoms with van der Waals surface area (Å²) in [7, 11) is 0. The normalized spacial score (nSPS) is 14.9. The van der Waals surface area contributed by atoms with Crippen LogP contribution in [-0.2, 0) is 19.0 Å². The van der Waals surface area contributed by atoms with E-state index in [0.717, 1.165) is 49.1 Å². The number of rotatable bonds is 5. The van der Waals surface area contributed by atoms with E-state index in [1.54, 1.807) is 0 Å². The van der Waals surface area contributed by atoms with Gasteiger partial charge in [-0.1, -0.05) is 12.1 Å². The first-order valence-electron chi connectivity index (χ1n) is 9.71. The number of hydrogen-bond donors (Lipinski definition) is 1. The number of benzene rings is 1. The van der Waals surface area contributed by atoms with Gasteiger partial charge in [-0.25, -0.2) is 4.39 Å². The number of ketones is 1. The van der Waals surface area contributed by atoms with Gasteiger partial charge >= 0.3 is 6.18 Å². The molecule has 0 aliphatic heterocycles. The molecule has 0 fully saturated rings. The molecule has 0 spiro atoms. The van der Waals surface area contributed by atoms with Gasteiger partial charge in [-0.15, -0.1) is 0 Å². The number of halogens is 4. The second kappa shape index (κ2) is 8.01. The Hall–Kier alpha value is -3.03. The first-order chi connectivity index (χ1) is 14.3. The summed E-state index contributed by atoms with van der Waals surface area (Å²) in [5, 5.41) is 7.08. The number of fused-ring (bicyclic) bond motifs is 1. The fourth-order valence-electron chi connectivity index (χ4n) is 3.92. The molecule has 1 N–H and O–H groups in total. The lowest BCUT2D eigenvalue weighted by Gasteiger charge is -2.18. The molecule has 4 rings (SSSR count). The fraction of sp³-hybridized carbons (Fsp3) is 0.318. The molecule has 2 heterocycles. The molecule has 1 aliphatic rings. The van der Waals surface area contributed by atoms with Crippen LogP contribution in [0.5, 0.6) is 0 Å². The van der Waals surface area contributed by atoms with Crippen molar-refractivity contribution < 1.29 is 22.4 Å². The monoisotopic (exact) mass is 417 g/mol. The predicted molar refractivity (Wildman–Crippen MR) is 102 cm³/mol. The van der Waals surface area contributed by atoms with E-state index in [0.29, 0.717) is 11.3 Å². The Kier molecular flexibility index (Phi) is 5.40. The Labute approximate surface area is 170 Å². The van der Waals surface area contributed by atoms with Crippen LogP contribution in [0.3, 0.4) is 0 Å². The predicted octanol–water partition coefficient (Wildman–Crippen LogP) is 5.25. The number of aryl methyl sites for hydroxylation is 1. The van der Waals surface area contributed by atoms with Gasteiger partial charge in [0.05, 0.1) is 11.3 Å².